The van der Waals surface area contributed by atoms with Crippen LogP contribution in [0.4, 0.5) is 5.69 Å². The van der Waals surface area contributed by atoms with Crippen LogP contribution in [0.2, 0.25) is 0 Å². The quantitative estimate of drug-likeness (QED) is 0.693. The van der Waals surface area contributed by atoms with Crippen molar-refractivity contribution in [3.63, 3.8) is 0 Å². The highest BCUT2D eigenvalue weighted by atomic mass is 15.1. The maximum Gasteiger partial charge on any atom is 0.0415 e. The second-order valence-corrected chi connectivity index (χ2v) is 4.49. The molecular weight excluding hydrogens is 196 g/mol. The number of rotatable bonds is 5. The highest BCUT2D eigenvalue weighted by Crippen LogP contribution is 2.11. The highest BCUT2D eigenvalue weighted by molar-refractivity contribution is 5.80. The Morgan fingerprint density at radius 3 is 2.38 bits per heavy atom. The lowest BCUT2D eigenvalue weighted by molar-refractivity contribution is 0.578. The number of hydrogen-bond acceptors (Lipinski definition) is 2. The molecule has 88 valence electrons. The molecule has 0 saturated heterocycles. The number of aliphatic imine (C=N–C) groups is 1. The largest absolute Gasteiger partial charge is 0.378 e. The summed E-state index contributed by atoms with van der Waals surface area (Å²) in [7, 11) is 4.10. The van der Waals surface area contributed by atoms with Gasteiger partial charge >= 0.3 is 0 Å². The molecule has 1 atom stereocenters. The predicted molar refractivity (Wildman–Crippen MR) is 72.7 cm³/mol. The molecule has 1 aromatic rings. The van der Waals surface area contributed by atoms with E-state index in [0.29, 0.717) is 5.92 Å². The molecule has 0 aliphatic carbocycles. The van der Waals surface area contributed by atoms with E-state index in [-0.39, 0.29) is 0 Å². The first-order chi connectivity index (χ1) is 7.63. The van der Waals surface area contributed by atoms with Crippen molar-refractivity contribution in [1.82, 2.24) is 0 Å². The van der Waals surface area contributed by atoms with Crippen molar-refractivity contribution in [2.75, 3.05) is 25.5 Å². The summed E-state index contributed by atoms with van der Waals surface area (Å²) in [6.07, 6.45) is 3.16. The molecule has 0 aromatic heterocycles. The van der Waals surface area contributed by atoms with Crippen LogP contribution in [0.5, 0.6) is 0 Å². The van der Waals surface area contributed by atoms with Crippen LogP contribution in [0, 0.1) is 5.92 Å². The van der Waals surface area contributed by atoms with E-state index in [1.165, 1.54) is 17.7 Å². The smallest absolute Gasteiger partial charge is 0.0415 e. The normalized spacial score (nSPS) is 13.0. The van der Waals surface area contributed by atoms with Crippen molar-refractivity contribution in [3.8, 4) is 0 Å². The highest BCUT2D eigenvalue weighted by Gasteiger charge is 1.96. The first kappa shape index (κ1) is 12.8. The molecule has 0 radical (unpaired) electrons. The van der Waals surface area contributed by atoms with Gasteiger partial charge in [0.25, 0.3) is 0 Å². The lowest BCUT2D eigenvalue weighted by Gasteiger charge is -2.11. The minimum atomic E-state index is 0.678. The summed E-state index contributed by atoms with van der Waals surface area (Å²) in [6, 6.07) is 8.44. The van der Waals surface area contributed by atoms with E-state index >= 15 is 0 Å². The molecular formula is C14H22N2. The fourth-order valence-electron chi connectivity index (χ4n) is 1.33. The molecule has 0 amide bonds. The maximum absolute atomic E-state index is 4.45. The molecule has 2 nitrogen and oxygen atoms in total. The van der Waals surface area contributed by atoms with Crippen molar-refractivity contribution in [3.05, 3.63) is 29.8 Å². The molecule has 1 aromatic carbocycles. The van der Waals surface area contributed by atoms with Crippen LogP contribution in [-0.4, -0.2) is 26.9 Å². The van der Waals surface area contributed by atoms with E-state index in [9.17, 15) is 0 Å². The summed E-state index contributed by atoms with van der Waals surface area (Å²) >= 11 is 0. The molecule has 0 fully saturated rings. The monoisotopic (exact) mass is 218 g/mol. The van der Waals surface area contributed by atoms with Gasteiger partial charge in [0.1, 0.15) is 0 Å². The van der Waals surface area contributed by atoms with Gasteiger partial charge in [-0.15, -0.1) is 0 Å². The van der Waals surface area contributed by atoms with Gasteiger partial charge in [0.15, 0.2) is 0 Å². The Balaban J connectivity index is 2.55. The lowest BCUT2D eigenvalue weighted by Crippen LogP contribution is -2.08. The number of hydrogen-bond donors (Lipinski definition) is 0. The molecule has 0 spiro atoms. The minimum absolute atomic E-state index is 0.678. The predicted octanol–water partition coefficient (Wildman–Crippen LogP) is 3.22. The van der Waals surface area contributed by atoms with Crippen molar-refractivity contribution in [1.29, 1.82) is 0 Å². The Hall–Kier alpha value is -1.31. The van der Waals surface area contributed by atoms with Crippen LogP contribution in [-0.2, 0) is 0 Å². The van der Waals surface area contributed by atoms with Gasteiger partial charge in [0, 0.05) is 32.5 Å². The van der Waals surface area contributed by atoms with Gasteiger partial charge in [0.2, 0.25) is 0 Å². The van der Waals surface area contributed by atoms with Crippen molar-refractivity contribution >= 4 is 11.9 Å². The van der Waals surface area contributed by atoms with Gasteiger partial charge < -0.3 is 4.90 Å². The van der Waals surface area contributed by atoms with E-state index < -0.39 is 0 Å². The number of nitrogens with zero attached hydrogens (tertiary/aromatic N) is 2. The summed E-state index contributed by atoms with van der Waals surface area (Å²) in [6.45, 7) is 5.35. The third kappa shape index (κ3) is 4.05. The van der Waals surface area contributed by atoms with Gasteiger partial charge in [-0.2, -0.15) is 0 Å². The Kier molecular flexibility index (Phi) is 5.03. The average Bonchev–Trinajstić information content (AvgIpc) is 2.29. The Morgan fingerprint density at radius 2 is 1.88 bits per heavy atom. The molecule has 2 heteroatoms. The van der Waals surface area contributed by atoms with Gasteiger partial charge in [-0.1, -0.05) is 32.4 Å². The second-order valence-electron chi connectivity index (χ2n) is 4.49. The fraction of sp³-hybridized carbons (Fsp3) is 0.500. The zero-order valence-corrected chi connectivity index (χ0v) is 10.8. The zero-order valence-electron chi connectivity index (χ0n) is 10.8. The van der Waals surface area contributed by atoms with Crippen LogP contribution in [0.3, 0.4) is 0 Å². The third-order valence-electron chi connectivity index (χ3n) is 2.76. The topological polar surface area (TPSA) is 15.6 Å². The lowest BCUT2D eigenvalue weighted by atomic mass is 10.1. The van der Waals surface area contributed by atoms with E-state index in [1.54, 1.807) is 0 Å². The maximum atomic E-state index is 4.45. The van der Waals surface area contributed by atoms with Crippen molar-refractivity contribution < 1.29 is 0 Å². The van der Waals surface area contributed by atoms with Crippen molar-refractivity contribution in [2.24, 2.45) is 10.9 Å². The molecule has 0 saturated carbocycles. The Morgan fingerprint density at radius 1 is 1.25 bits per heavy atom. The first-order valence-electron chi connectivity index (χ1n) is 5.90. The summed E-state index contributed by atoms with van der Waals surface area (Å²) in [5.41, 5.74) is 2.40. The van der Waals surface area contributed by atoms with Crippen LogP contribution in [0.1, 0.15) is 25.8 Å². The molecule has 0 N–H and O–H groups in total. The van der Waals surface area contributed by atoms with E-state index in [4.69, 9.17) is 0 Å². The summed E-state index contributed by atoms with van der Waals surface area (Å²) in [5, 5.41) is 0. The molecule has 0 bridgehead atoms. The number of benzene rings is 1. The van der Waals surface area contributed by atoms with Crippen LogP contribution in [0.25, 0.3) is 0 Å². The van der Waals surface area contributed by atoms with E-state index in [2.05, 4.69) is 48.0 Å². The summed E-state index contributed by atoms with van der Waals surface area (Å²) in [5.74, 6) is 0.678. The van der Waals surface area contributed by atoms with Gasteiger partial charge in [-0.05, 0) is 23.6 Å². The SMILES string of the molecule is CCC(C)C/N=C/c1ccc(N(C)C)cc1. The van der Waals surface area contributed by atoms with Crippen LogP contribution >= 0.6 is 0 Å². The number of anilines is 1. The average molecular weight is 218 g/mol. The Bertz CT molecular complexity index is 325. The fourth-order valence-corrected chi connectivity index (χ4v) is 1.33. The summed E-state index contributed by atoms with van der Waals surface area (Å²) < 4.78 is 0. The van der Waals surface area contributed by atoms with Crippen molar-refractivity contribution in [2.45, 2.75) is 20.3 Å². The van der Waals surface area contributed by atoms with Gasteiger partial charge in [-0.3, -0.25) is 4.99 Å². The van der Waals surface area contributed by atoms with E-state index in [1.807, 2.05) is 20.3 Å². The van der Waals surface area contributed by atoms with E-state index in [0.717, 1.165) is 6.54 Å². The molecule has 1 unspecified atom stereocenters. The standard InChI is InChI=1S/C14H22N2/c1-5-12(2)10-15-11-13-6-8-14(9-7-13)16(3)4/h6-9,11-12H,5,10H2,1-4H3/b15-11+. The molecule has 16 heavy (non-hydrogen) atoms. The van der Waals surface area contributed by atoms with Gasteiger partial charge in [-0.25, -0.2) is 0 Å². The van der Waals surface area contributed by atoms with Gasteiger partial charge in [0.05, 0.1) is 0 Å². The minimum Gasteiger partial charge on any atom is -0.378 e. The zero-order chi connectivity index (χ0) is 12.0. The van der Waals surface area contributed by atoms with Crippen LogP contribution < -0.4 is 4.90 Å². The third-order valence-corrected chi connectivity index (χ3v) is 2.76. The first-order valence-corrected chi connectivity index (χ1v) is 5.90. The Labute approximate surface area is 99.0 Å². The molecule has 1 rings (SSSR count). The summed E-state index contributed by atoms with van der Waals surface area (Å²) in [4.78, 5) is 6.55. The molecule has 0 aliphatic rings. The second kappa shape index (κ2) is 6.31. The molecule has 0 aliphatic heterocycles. The van der Waals surface area contributed by atoms with Crippen LogP contribution in [0.15, 0.2) is 29.3 Å². The molecule has 0 heterocycles.